The fourth-order valence-corrected chi connectivity index (χ4v) is 1.95. The van der Waals surface area contributed by atoms with Gasteiger partial charge < -0.3 is 14.4 Å². The average molecular weight is 293 g/mol. The number of hydrogen-bond donors (Lipinski definition) is 0. The van der Waals surface area contributed by atoms with Crippen LogP contribution in [0, 0.1) is 13.8 Å². The molecule has 21 heavy (non-hydrogen) atoms. The predicted molar refractivity (Wildman–Crippen MR) is 80.3 cm³/mol. The third-order valence-corrected chi connectivity index (χ3v) is 3.15. The van der Waals surface area contributed by atoms with Gasteiger partial charge in [0.2, 0.25) is 0 Å². The summed E-state index contributed by atoms with van der Waals surface area (Å²) in [7, 11) is 1.30. The van der Waals surface area contributed by atoms with Crippen LogP contribution in [0.1, 0.15) is 25.0 Å². The molecule has 0 aliphatic heterocycles. The highest BCUT2D eigenvalue weighted by Gasteiger charge is 2.21. The van der Waals surface area contributed by atoms with Gasteiger partial charge in [-0.15, -0.1) is 0 Å². The second kappa shape index (κ2) is 7.67. The second-order valence-corrected chi connectivity index (χ2v) is 5.25. The standard InChI is InChI=1S/C16H23NO4/c1-11(2)17(9-16(19)20-5)15(18)10-21-14-7-6-12(3)8-13(14)4/h6-8,11H,9-10H2,1-5H3. The molecule has 5 nitrogen and oxygen atoms in total. The molecule has 1 rings (SSSR count). The molecule has 1 aromatic carbocycles. The Balaban J connectivity index is 2.67. The lowest BCUT2D eigenvalue weighted by Gasteiger charge is -2.25. The van der Waals surface area contributed by atoms with Crippen molar-refractivity contribution in [3.63, 3.8) is 0 Å². The van der Waals surface area contributed by atoms with E-state index in [9.17, 15) is 9.59 Å². The molecule has 0 atom stereocenters. The number of aryl methyl sites for hydroxylation is 2. The van der Waals surface area contributed by atoms with Gasteiger partial charge in [-0.25, -0.2) is 0 Å². The van der Waals surface area contributed by atoms with E-state index in [2.05, 4.69) is 4.74 Å². The Labute approximate surface area is 125 Å². The van der Waals surface area contributed by atoms with Gasteiger partial charge in [-0.3, -0.25) is 9.59 Å². The molecule has 0 radical (unpaired) electrons. The van der Waals surface area contributed by atoms with Crippen molar-refractivity contribution in [2.45, 2.75) is 33.7 Å². The monoisotopic (exact) mass is 293 g/mol. The molecule has 0 fully saturated rings. The summed E-state index contributed by atoms with van der Waals surface area (Å²) in [5.41, 5.74) is 2.12. The molecule has 1 aromatic rings. The fourth-order valence-electron chi connectivity index (χ4n) is 1.95. The number of carbonyl (C=O) groups is 2. The van der Waals surface area contributed by atoms with Gasteiger partial charge in [0.1, 0.15) is 12.3 Å². The van der Waals surface area contributed by atoms with Crippen LogP contribution in [0.4, 0.5) is 0 Å². The number of amides is 1. The number of benzene rings is 1. The molecular formula is C16H23NO4. The molecule has 0 unspecified atom stereocenters. The maximum atomic E-state index is 12.2. The molecule has 0 aliphatic carbocycles. The first-order valence-corrected chi connectivity index (χ1v) is 6.91. The van der Waals surface area contributed by atoms with Crippen molar-refractivity contribution < 1.29 is 19.1 Å². The SMILES string of the molecule is COC(=O)CN(C(=O)COc1ccc(C)cc1C)C(C)C. The molecule has 1 amide bonds. The molecule has 116 valence electrons. The van der Waals surface area contributed by atoms with Crippen molar-refractivity contribution in [2.75, 3.05) is 20.3 Å². The number of carbonyl (C=O) groups excluding carboxylic acids is 2. The van der Waals surface area contributed by atoms with Gasteiger partial charge >= 0.3 is 5.97 Å². The van der Waals surface area contributed by atoms with Crippen molar-refractivity contribution in [1.29, 1.82) is 0 Å². The number of methoxy groups -OCH3 is 1. The van der Waals surface area contributed by atoms with Gasteiger partial charge in [0.15, 0.2) is 6.61 Å². The molecule has 0 aliphatic rings. The first-order valence-electron chi connectivity index (χ1n) is 6.91. The van der Waals surface area contributed by atoms with E-state index in [0.29, 0.717) is 5.75 Å². The summed E-state index contributed by atoms with van der Waals surface area (Å²) < 4.78 is 10.2. The van der Waals surface area contributed by atoms with Crippen LogP contribution in [0.15, 0.2) is 18.2 Å². The minimum atomic E-state index is -0.441. The van der Waals surface area contributed by atoms with E-state index < -0.39 is 5.97 Å². The average Bonchev–Trinajstić information content (AvgIpc) is 2.42. The number of hydrogen-bond acceptors (Lipinski definition) is 4. The normalized spacial score (nSPS) is 10.4. The Hall–Kier alpha value is -2.04. The van der Waals surface area contributed by atoms with Crippen molar-refractivity contribution in [2.24, 2.45) is 0 Å². The zero-order valence-corrected chi connectivity index (χ0v) is 13.3. The maximum Gasteiger partial charge on any atom is 0.325 e. The minimum Gasteiger partial charge on any atom is -0.483 e. The summed E-state index contributed by atoms with van der Waals surface area (Å²) in [6.07, 6.45) is 0. The molecule has 0 saturated carbocycles. The van der Waals surface area contributed by atoms with Crippen LogP contribution in [0.2, 0.25) is 0 Å². The van der Waals surface area contributed by atoms with Crippen LogP contribution >= 0.6 is 0 Å². The first kappa shape index (κ1) is 17.0. The lowest BCUT2D eigenvalue weighted by atomic mass is 10.1. The Morgan fingerprint density at radius 1 is 1.24 bits per heavy atom. The Kier molecular flexibility index (Phi) is 6.21. The largest absolute Gasteiger partial charge is 0.483 e. The van der Waals surface area contributed by atoms with Crippen molar-refractivity contribution in [1.82, 2.24) is 4.90 Å². The second-order valence-electron chi connectivity index (χ2n) is 5.25. The lowest BCUT2D eigenvalue weighted by Crippen LogP contribution is -2.43. The number of ether oxygens (including phenoxy) is 2. The summed E-state index contributed by atoms with van der Waals surface area (Å²) in [6, 6.07) is 5.67. The highest BCUT2D eigenvalue weighted by molar-refractivity contribution is 5.83. The first-order chi connectivity index (χ1) is 9.85. The summed E-state index contributed by atoms with van der Waals surface area (Å²) in [6.45, 7) is 7.46. The van der Waals surface area contributed by atoms with Crippen LogP contribution in [-0.4, -0.2) is 43.1 Å². The van der Waals surface area contributed by atoms with Gasteiger partial charge in [-0.2, -0.15) is 0 Å². The van der Waals surface area contributed by atoms with Crippen molar-refractivity contribution in [3.05, 3.63) is 29.3 Å². The van der Waals surface area contributed by atoms with Gasteiger partial charge in [-0.05, 0) is 39.3 Å². The molecule has 0 spiro atoms. The van der Waals surface area contributed by atoms with E-state index in [0.717, 1.165) is 11.1 Å². The van der Waals surface area contributed by atoms with E-state index in [1.807, 2.05) is 45.9 Å². The number of rotatable bonds is 6. The molecule has 5 heteroatoms. The topological polar surface area (TPSA) is 55.8 Å². The summed E-state index contributed by atoms with van der Waals surface area (Å²) in [5, 5.41) is 0. The minimum absolute atomic E-state index is 0.0662. The van der Waals surface area contributed by atoms with E-state index in [-0.39, 0.29) is 25.1 Å². The quantitative estimate of drug-likeness (QED) is 0.754. The van der Waals surface area contributed by atoms with E-state index >= 15 is 0 Å². The maximum absolute atomic E-state index is 12.2. The Bertz CT molecular complexity index is 511. The van der Waals surface area contributed by atoms with Crippen LogP contribution in [0.5, 0.6) is 5.75 Å². The lowest BCUT2D eigenvalue weighted by molar-refractivity contribution is -0.149. The number of esters is 1. The molecule has 0 heterocycles. The molecule has 0 bridgehead atoms. The molecular weight excluding hydrogens is 270 g/mol. The van der Waals surface area contributed by atoms with Crippen LogP contribution in [0.3, 0.4) is 0 Å². The van der Waals surface area contributed by atoms with Gasteiger partial charge in [0, 0.05) is 6.04 Å². The van der Waals surface area contributed by atoms with Crippen LogP contribution in [-0.2, 0) is 14.3 Å². The smallest absolute Gasteiger partial charge is 0.325 e. The molecule has 0 saturated heterocycles. The molecule has 0 aromatic heterocycles. The van der Waals surface area contributed by atoms with E-state index in [1.54, 1.807) is 0 Å². The third kappa shape index (κ3) is 5.10. The predicted octanol–water partition coefficient (Wildman–Crippen LogP) is 2.09. The third-order valence-electron chi connectivity index (χ3n) is 3.15. The van der Waals surface area contributed by atoms with Gasteiger partial charge in [-0.1, -0.05) is 17.7 Å². The zero-order chi connectivity index (χ0) is 16.0. The zero-order valence-electron chi connectivity index (χ0n) is 13.3. The van der Waals surface area contributed by atoms with E-state index in [4.69, 9.17) is 4.74 Å². The summed E-state index contributed by atoms with van der Waals surface area (Å²) in [5.74, 6) is -0.00494. The van der Waals surface area contributed by atoms with Crippen molar-refractivity contribution in [3.8, 4) is 5.75 Å². The Morgan fingerprint density at radius 2 is 1.90 bits per heavy atom. The van der Waals surface area contributed by atoms with Gasteiger partial charge in [0.25, 0.3) is 5.91 Å². The molecule has 0 N–H and O–H groups in total. The highest BCUT2D eigenvalue weighted by atomic mass is 16.5. The van der Waals surface area contributed by atoms with E-state index in [1.165, 1.54) is 12.0 Å². The summed E-state index contributed by atoms with van der Waals surface area (Å²) in [4.78, 5) is 25.0. The van der Waals surface area contributed by atoms with Crippen LogP contribution in [0.25, 0.3) is 0 Å². The Morgan fingerprint density at radius 3 is 2.43 bits per heavy atom. The highest BCUT2D eigenvalue weighted by Crippen LogP contribution is 2.18. The fraction of sp³-hybridized carbons (Fsp3) is 0.500. The number of nitrogens with zero attached hydrogens (tertiary/aromatic N) is 1. The van der Waals surface area contributed by atoms with Crippen LogP contribution < -0.4 is 4.74 Å². The van der Waals surface area contributed by atoms with Gasteiger partial charge in [0.05, 0.1) is 7.11 Å². The van der Waals surface area contributed by atoms with Crippen molar-refractivity contribution >= 4 is 11.9 Å². The summed E-state index contributed by atoms with van der Waals surface area (Å²) >= 11 is 0.